The Balaban J connectivity index is 1.39. The van der Waals surface area contributed by atoms with E-state index in [1.165, 1.54) is 0 Å². The van der Waals surface area contributed by atoms with Gasteiger partial charge < -0.3 is 35.4 Å². The second kappa shape index (κ2) is 7.87. The van der Waals surface area contributed by atoms with Crippen molar-refractivity contribution in [1.29, 1.82) is 0 Å². The lowest BCUT2D eigenvalue weighted by molar-refractivity contribution is -0.250. The van der Waals surface area contributed by atoms with E-state index in [9.17, 15) is 30.6 Å². The Labute approximate surface area is 209 Å². The summed E-state index contributed by atoms with van der Waals surface area (Å²) in [6.07, 6.45) is 1.99. The van der Waals surface area contributed by atoms with Crippen LogP contribution >= 0.6 is 0 Å². The smallest absolute Gasteiger partial charge is 0.114 e. The highest BCUT2D eigenvalue weighted by Gasteiger charge is 2.78. The number of epoxide rings is 1. The fourth-order valence-electron chi connectivity index (χ4n) is 9.61. The average Bonchev–Trinajstić information content (AvgIpc) is 3.45. The summed E-state index contributed by atoms with van der Waals surface area (Å²) in [5.74, 6) is 1.02. The van der Waals surface area contributed by atoms with Gasteiger partial charge in [-0.1, -0.05) is 20.8 Å². The maximum absolute atomic E-state index is 11.8. The molecule has 202 valence electrons. The Hall–Kier alpha value is -0.280. The third-order valence-corrected chi connectivity index (χ3v) is 12.4. The van der Waals surface area contributed by atoms with E-state index in [-0.39, 0.29) is 54.1 Å². The first-order valence-electron chi connectivity index (χ1n) is 13.9. The normalized spacial score (nSPS) is 54.5. The van der Waals surface area contributed by atoms with Gasteiger partial charge >= 0.3 is 0 Å². The van der Waals surface area contributed by atoms with Crippen LogP contribution in [0, 0.1) is 40.4 Å². The topological polar surface area (TPSA) is 134 Å². The summed E-state index contributed by atoms with van der Waals surface area (Å²) in [7, 11) is 0. The lowest BCUT2D eigenvalue weighted by atomic mass is 9.42. The van der Waals surface area contributed by atoms with E-state index in [4.69, 9.17) is 4.74 Å². The highest BCUT2D eigenvalue weighted by atomic mass is 16.6. The highest BCUT2D eigenvalue weighted by molar-refractivity contribution is 5.26. The quantitative estimate of drug-likeness (QED) is 0.321. The number of hydrogen-bond acceptors (Lipinski definition) is 7. The highest BCUT2D eigenvalue weighted by Crippen LogP contribution is 2.72. The first-order chi connectivity index (χ1) is 16.0. The van der Waals surface area contributed by atoms with Crippen molar-refractivity contribution in [3.63, 3.8) is 0 Å². The number of aliphatic hydroxyl groups is 6. The summed E-state index contributed by atoms with van der Waals surface area (Å²) in [5, 5.41) is 65.8. The summed E-state index contributed by atoms with van der Waals surface area (Å²) >= 11 is 0. The van der Waals surface area contributed by atoms with Gasteiger partial charge in [0.1, 0.15) is 11.7 Å². The van der Waals surface area contributed by atoms with Crippen molar-refractivity contribution in [2.75, 3.05) is 0 Å². The molecule has 0 aromatic heterocycles. The minimum atomic E-state index is -1.39. The molecule has 5 aliphatic rings. The van der Waals surface area contributed by atoms with Crippen LogP contribution in [0.2, 0.25) is 0 Å². The molecule has 1 aliphatic heterocycles. The number of fused-ring (bicyclic) bond motifs is 8. The molecule has 4 saturated carbocycles. The fraction of sp³-hybridized carbons (Fsp3) is 1.00. The van der Waals surface area contributed by atoms with E-state index in [1.807, 2.05) is 6.92 Å². The zero-order valence-corrected chi connectivity index (χ0v) is 22.3. The van der Waals surface area contributed by atoms with E-state index in [1.54, 1.807) is 20.8 Å². The molecule has 0 aromatic rings. The van der Waals surface area contributed by atoms with Crippen molar-refractivity contribution in [3.8, 4) is 0 Å². The lowest BCUT2D eigenvalue weighted by Crippen LogP contribution is -2.71. The van der Waals surface area contributed by atoms with Crippen molar-refractivity contribution in [3.05, 3.63) is 0 Å². The van der Waals surface area contributed by atoms with E-state index < -0.39 is 40.5 Å². The molecule has 0 aromatic carbocycles. The first kappa shape index (κ1) is 26.3. The largest absolute Gasteiger partial charge is 0.393 e. The number of hydrogen-bond donors (Lipinski definition) is 6. The van der Waals surface area contributed by atoms with Crippen LogP contribution in [0.3, 0.4) is 0 Å². The monoisotopic (exact) mass is 496 g/mol. The first-order valence-corrected chi connectivity index (χ1v) is 13.9. The summed E-state index contributed by atoms with van der Waals surface area (Å²) in [5.41, 5.74) is -4.60. The van der Waals surface area contributed by atoms with Gasteiger partial charge in [-0.05, 0) is 87.9 Å². The van der Waals surface area contributed by atoms with E-state index in [2.05, 4.69) is 13.8 Å². The second-order valence-corrected chi connectivity index (χ2v) is 14.3. The molecule has 4 aliphatic carbocycles. The molecule has 7 heteroatoms. The molecule has 5 rings (SSSR count). The molecule has 0 spiro atoms. The number of rotatable bonds is 5. The Bertz CT molecular complexity index is 840. The summed E-state index contributed by atoms with van der Waals surface area (Å²) in [6, 6.07) is 0. The lowest BCUT2D eigenvalue weighted by Gasteiger charge is -2.63. The average molecular weight is 497 g/mol. The van der Waals surface area contributed by atoms with Crippen LogP contribution in [-0.4, -0.2) is 78.0 Å². The van der Waals surface area contributed by atoms with Crippen molar-refractivity contribution < 1.29 is 35.4 Å². The predicted molar refractivity (Wildman–Crippen MR) is 130 cm³/mol. The summed E-state index contributed by atoms with van der Waals surface area (Å²) in [4.78, 5) is 0. The van der Waals surface area contributed by atoms with Crippen LogP contribution in [0.1, 0.15) is 86.5 Å². The van der Waals surface area contributed by atoms with Gasteiger partial charge in [0.15, 0.2) is 0 Å². The molecule has 7 nitrogen and oxygen atoms in total. The Morgan fingerprint density at radius 3 is 2.31 bits per heavy atom. The van der Waals surface area contributed by atoms with Crippen LogP contribution in [0.25, 0.3) is 0 Å². The molecule has 35 heavy (non-hydrogen) atoms. The standard InChI is InChI=1S/C28H48O7/c1-14(19(30)13-26(5,33)24(2,3)32)16-7-8-17-21-18(9-10-25(16,17)4)27(6)20(31)11-15(29)12-28(27,34)23-22(21)35-23/h14-23,29-34H,7-13H2,1-6H3. The molecule has 1 heterocycles. The van der Waals surface area contributed by atoms with Gasteiger partial charge in [0, 0.05) is 18.3 Å². The van der Waals surface area contributed by atoms with E-state index >= 15 is 0 Å². The van der Waals surface area contributed by atoms with E-state index in [0.717, 1.165) is 25.7 Å². The van der Waals surface area contributed by atoms with Gasteiger partial charge in [0.25, 0.3) is 0 Å². The van der Waals surface area contributed by atoms with Crippen LogP contribution in [0.15, 0.2) is 0 Å². The van der Waals surface area contributed by atoms with Gasteiger partial charge in [-0.15, -0.1) is 0 Å². The Morgan fingerprint density at radius 2 is 1.69 bits per heavy atom. The zero-order chi connectivity index (χ0) is 25.9. The molecule has 1 saturated heterocycles. The predicted octanol–water partition coefficient (Wildman–Crippen LogP) is 1.99. The molecule has 6 N–H and O–H groups in total. The maximum Gasteiger partial charge on any atom is 0.114 e. The third-order valence-electron chi connectivity index (χ3n) is 12.4. The van der Waals surface area contributed by atoms with Crippen molar-refractivity contribution in [2.24, 2.45) is 40.4 Å². The summed E-state index contributed by atoms with van der Waals surface area (Å²) in [6.45, 7) is 11.2. The van der Waals surface area contributed by atoms with Crippen molar-refractivity contribution in [2.45, 2.75) is 134 Å². The van der Waals surface area contributed by atoms with Gasteiger partial charge in [-0.25, -0.2) is 0 Å². The van der Waals surface area contributed by atoms with Crippen molar-refractivity contribution >= 4 is 0 Å². The molecular weight excluding hydrogens is 448 g/mol. The van der Waals surface area contributed by atoms with E-state index in [0.29, 0.717) is 12.3 Å². The molecule has 0 amide bonds. The van der Waals surface area contributed by atoms with Crippen LogP contribution in [0.5, 0.6) is 0 Å². The van der Waals surface area contributed by atoms with Gasteiger partial charge in [-0.3, -0.25) is 0 Å². The molecule has 14 atom stereocenters. The van der Waals surface area contributed by atoms with Crippen LogP contribution in [-0.2, 0) is 4.74 Å². The zero-order valence-electron chi connectivity index (χ0n) is 22.3. The Kier molecular flexibility index (Phi) is 5.92. The maximum atomic E-state index is 11.8. The molecule has 0 bridgehead atoms. The third kappa shape index (κ3) is 3.48. The minimum absolute atomic E-state index is 0.00357. The minimum Gasteiger partial charge on any atom is -0.393 e. The second-order valence-electron chi connectivity index (χ2n) is 14.3. The van der Waals surface area contributed by atoms with Gasteiger partial charge in [0.2, 0.25) is 0 Å². The number of ether oxygens (including phenoxy) is 1. The van der Waals surface area contributed by atoms with Crippen LogP contribution in [0.4, 0.5) is 0 Å². The molecular formula is C28H48O7. The van der Waals surface area contributed by atoms with Gasteiger partial charge in [0.05, 0.1) is 35.6 Å². The SMILES string of the molecule is CC(C(O)CC(C)(O)C(C)(C)O)C1CCC2C3C4OC4C4(O)CC(O)CC(O)C4(C)C3CCC12C. The van der Waals surface area contributed by atoms with Crippen LogP contribution < -0.4 is 0 Å². The molecule has 14 unspecified atom stereocenters. The molecule has 0 radical (unpaired) electrons. The van der Waals surface area contributed by atoms with Crippen molar-refractivity contribution in [1.82, 2.24) is 0 Å². The van der Waals surface area contributed by atoms with Gasteiger partial charge in [-0.2, -0.15) is 0 Å². The fourth-order valence-corrected chi connectivity index (χ4v) is 9.61. The summed E-state index contributed by atoms with van der Waals surface area (Å²) < 4.78 is 6.20. The Morgan fingerprint density at radius 1 is 1.03 bits per heavy atom. The number of aliphatic hydroxyl groups excluding tert-OH is 3. The molecule has 5 fully saturated rings.